The molecule has 1 aromatic carbocycles. The zero-order chi connectivity index (χ0) is 14.0. The van der Waals surface area contributed by atoms with Crippen molar-refractivity contribution in [1.29, 1.82) is 0 Å². The molecule has 1 aliphatic rings. The third kappa shape index (κ3) is 2.36. The maximum atomic E-state index is 12.3. The van der Waals surface area contributed by atoms with Gasteiger partial charge in [0, 0.05) is 5.56 Å². The minimum Gasteiger partial charge on any atom is -0.480 e. The van der Waals surface area contributed by atoms with Crippen molar-refractivity contribution >= 4 is 17.6 Å². The highest BCUT2D eigenvalue weighted by Crippen LogP contribution is 2.29. The summed E-state index contributed by atoms with van der Waals surface area (Å²) in [7, 11) is 0. The van der Waals surface area contributed by atoms with E-state index in [2.05, 4.69) is 4.99 Å². The Balaban J connectivity index is 2.40. The van der Waals surface area contributed by atoms with Crippen LogP contribution in [0.15, 0.2) is 35.3 Å². The molecule has 1 aromatic rings. The molecule has 100 valence electrons. The summed E-state index contributed by atoms with van der Waals surface area (Å²) in [6, 6.07) is 9.12. The highest BCUT2D eigenvalue weighted by atomic mass is 16.4. The van der Waals surface area contributed by atoms with Crippen LogP contribution in [0.5, 0.6) is 0 Å². The SMILES string of the molecule is CC[C@@]1(C)N=C(c2ccccc2)C(=O)N1CC(=O)O. The molecular weight excluding hydrogens is 244 g/mol. The van der Waals surface area contributed by atoms with Gasteiger partial charge in [-0.2, -0.15) is 0 Å². The first-order valence-corrected chi connectivity index (χ1v) is 6.17. The number of amides is 1. The number of hydrogen-bond donors (Lipinski definition) is 1. The molecule has 0 saturated carbocycles. The maximum Gasteiger partial charge on any atom is 0.323 e. The third-order valence-electron chi connectivity index (χ3n) is 3.39. The average Bonchev–Trinajstić information content (AvgIpc) is 2.65. The van der Waals surface area contributed by atoms with Crippen molar-refractivity contribution in [3.63, 3.8) is 0 Å². The number of hydrogen-bond acceptors (Lipinski definition) is 3. The van der Waals surface area contributed by atoms with E-state index in [1.54, 1.807) is 19.1 Å². The molecule has 0 aliphatic carbocycles. The second-order valence-corrected chi connectivity index (χ2v) is 4.68. The number of nitrogens with zero attached hydrogens (tertiary/aromatic N) is 2. The Kier molecular flexibility index (Phi) is 3.38. The second-order valence-electron chi connectivity index (χ2n) is 4.68. The highest BCUT2D eigenvalue weighted by Gasteiger charge is 2.43. The van der Waals surface area contributed by atoms with Crippen LogP contribution < -0.4 is 0 Å². The Hall–Kier alpha value is -2.17. The molecule has 0 bridgehead atoms. The predicted molar refractivity (Wildman–Crippen MR) is 71.0 cm³/mol. The molecular formula is C14H16N2O3. The Morgan fingerprint density at radius 3 is 2.53 bits per heavy atom. The molecule has 0 saturated heterocycles. The summed E-state index contributed by atoms with van der Waals surface area (Å²) in [5.41, 5.74) is 0.284. The van der Waals surface area contributed by atoms with Crippen molar-refractivity contribution in [3.8, 4) is 0 Å². The lowest BCUT2D eigenvalue weighted by Gasteiger charge is -2.30. The summed E-state index contributed by atoms with van der Waals surface area (Å²) >= 11 is 0. The molecule has 0 fully saturated rings. The van der Waals surface area contributed by atoms with Gasteiger partial charge in [0.1, 0.15) is 17.9 Å². The normalized spacial score (nSPS) is 22.5. The molecule has 0 unspecified atom stereocenters. The summed E-state index contributed by atoms with van der Waals surface area (Å²) in [6.45, 7) is 3.34. The van der Waals surface area contributed by atoms with Crippen LogP contribution in [0.25, 0.3) is 0 Å². The van der Waals surface area contributed by atoms with Crippen LogP contribution in [0, 0.1) is 0 Å². The van der Waals surface area contributed by atoms with Crippen LogP contribution in [0.4, 0.5) is 0 Å². The Labute approximate surface area is 111 Å². The van der Waals surface area contributed by atoms with E-state index in [4.69, 9.17) is 5.11 Å². The average molecular weight is 260 g/mol. The van der Waals surface area contributed by atoms with E-state index in [-0.39, 0.29) is 12.5 Å². The van der Waals surface area contributed by atoms with Crippen molar-refractivity contribution in [2.75, 3.05) is 6.54 Å². The highest BCUT2D eigenvalue weighted by molar-refractivity contribution is 6.46. The van der Waals surface area contributed by atoms with Crippen molar-refractivity contribution < 1.29 is 14.7 Å². The molecule has 2 rings (SSSR count). The zero-order valence-corrected chi connectivity index (χ0v) is 11.0. The number of carbonyl (C=O) groups is 2. The Bertz CT molecular complexity index is 539. The molecule has 5 heteroatoms. The first-order valence-electron chi connectivity index (χ1n) is 6.17. The summed E-state index contributed by atoms with van der Waals surface area (Å²) in [5, 5.41) is 8.93. The van der Waals surface area contributed by atoms with E-state index in [9.17, 15) is 9.59 Å². The number of aliphatic imine (C=N–C) groups is 1. The van der Waals surface area contributed by atoms with Gasteiger partial charge < -0.3 is 10.0 Å². The van der Waals surface area contributed by atoms with Crippen LogP contribution in [-0.4, -0.2) is 39.8 Å². The van der Waals surface area contributed by atoms with Crippen molar-refractivity contribution in [3.05, 3.63) is 35.9 Å². The van der Waals surface area contributed by atoms with Crippen molar-refractivity contribution in [1.82, 2.24) is 4.90 Å². The summed E-state index contributed by atoms with van der Waals surface area (Å²) < 4.78 is 0. The van der Waals surface area contributed by atoms with Gasteiger partial charge in [0.2, 0.25) is 0 Å². The molecule has 1 N–H and O–H groups in total. The Morgan fingerprint density at radius 2 is 2.00 bits per heavy atom. The lowest BCUT2D eigenvalue weighted by molar-refractivity contribution is -0.144. The van der Waals surface area contributed by atoms with Gasteiger partial charge in [0.15, 0.2) is 0 Å². The minimum absolute atomic E-state index is 0.321. The van der Waals surface area contributed by atoms with Crippen molar-refractivity contribution in [2.45, 2.75) is 25.9 Å². The third-order valence-corrected chi connectivity index (χ3v) is 3.39. The van der Waals surface area contributed by atoms with Gasteiger partial charge in [-0.3, -0.25) is 14.6 Å². The van der Waals surface area contributed by atoms with E-state index < -0.39 is 11.6 Å². The number of rotatable bonds is 4. The van der Waals surface area contributed by atoms with Crippen LogP contribution in [-0.2, 0) is 9.59 Å². The fourth-order valence-corrected chi connectivity index (χ4v) is 2.13. The monoisotopic (exact) mass is 260 g/mol. The van der Waals surface area contributed by atoms with Gasteiger partial charge >= 0.3 is 5.97 Å². The lowest BCUT2D eigenvalue weighted by atomic mass is 10.1. The van der Waals surface area contributed by atoms with Crippen LogP contribution in [0.2, 0.25) is 0 Å². The summed E-state index contributed by atoms with van der Waals surface area (Å²) in [5.74, 6) is -1.35. The minimum atomic E-state index is -1.03. The first-order chi connectivity index (χ1) is 8.98. The first kappa shape index (κ1) is 13.3. The zero-order valence-electron chi connectivity index (χ0n) is 11.0. The number of carboxylic acid groups (broad SMARTS) is 1. The largest absolute Gasteiger partial charge is 0.480 e. The molecule has 0 spiro atoms. The van der Waals surface area contributed by atoms with Gasteiger partial charge in [0.25, 0.3) is 5.91 Å². The summed E-state index contributed by atoms with van der Waals surface area (Å²) in [6.07, 6.45) is 0.572. The van der Waals surface area contributed by atoms with Gasteiger partial charge in [-0.1, -0.05) is 37.3 Å². The van der Waals surface area contributed by atoms with Gasteiger partial charge in [0.05, 0.1) is 0 Å². The smallest absolute Gasteiger partial charge is 0.323 e. The second kappa shape index (κ2) is 4.84. The van der Waals surface area contributed by atoms with Gasteiger partial charge in [-0.05, 0) is 13.3 Å². The number of carbonyl (C=O) groups excluding carboxylic acids is 1. The van der Waals surface area contributed by atoms with E-state index >= 15 is 0 Å². The predicted octanol–water partition coefficient (Wildman–Crippen LogP) is 1.53. The quantitative estimate of drug-likeness (QED) is 0.892. The summed E-state index contributed by atoms with van der Waals surface area (Å²) in [4.78, 5) is 29.0. The molecule has 0 radical (unpaired) electrons. The number of benzene rings is 1. The lowest BCUT2D eigenvalue weighted by Crippen LogP contribution is -2.47. The Morgan fingerprint density at radius 1 is 1.37 bits per heavy atom. The number of carboxylic acids is 1. The molecule has 0 aromatic heterocycles. The molecule has 1 aliphatic heterocycles. The van der Waals surface area contributed by atoms with Crippen molar-refractivity contribution in [2.24, 2.45) is 4.99 Å². The number of aliphatic carboxylic acids is 1. The fourth-order valence-electron chi connectivity index (χ4n) is 2.13. The van der Waals surface area contributed by atoms with E-state index in [0.717, 1.165) is 5.56 Å². The molecule has 1 atom stereocenters. The fraction of sp³-hybridized carbons (Fsp3) is 0.357. The maximum absolute atomic E-state index is 12.3. The van der Waals surface area contributed by atoms with E-state index in [0.29, 0.717) is 12.1 Å². The molecule has 19 heavy (non-hydrogen) atoms. The van der Waals surface area contributed by atoms with Crippen LogP contribution in [0.1, 0.15) is 25.8 Å². The standard InChI is InChI=1S/C14H16N2O3/c1-3-14(2)15-12(10-7-5-4-6-8-10)13(19)16(14)9-11(17)18/h4-8H,3,9H2,1-2H3,(H,17,18)/t14-/m0/s1. The molecule has 1 amide bonds. The van der Waals surface area contributed by atoms with Gasteiger partial charge in [-0.15, -0.1) is 0 Å². The van der Waals surface area contributed by atoms with Crippen LogP contribution >= 0.6 is 0 Å². The topological polar surface area (TPSA) is 70.0 Å². The van der Waals surface area contributed by atoms with E-state index in [1.807, 2.05) is 25.1 Å². The van der Waals surface area contributed by atoms with E-state index in [1.165, 1.54) is 4.90 Å². The molecule has 5 nitrogen and oxygen atoms in total. The molecule has 1 heterocycles. The van der Waals surface area contributed by atoms with Crippen LogP contribution in [0.3, 0.4) is 0 Å². The van der Waals surface area contributed by atoms with Gasteiger partial charge in [-0.25, -0.2) is 0 Å².